The molecule has 0 aliphatic heterocycles. The number of hydrogen-bond acceptors (Lipinski definition) is 2. The molecule has 2 rings (SSSR count). The summed E-state index contributed by atoms with van der Waals surface area (Å²) in [5.41, 5.74) is 8.20. The topological polar surface area (TPSA) is 43.8 Å². The highest BCUT2D eigenvalue weighted by Crippen LogP contribution is 2.17. The van der Waals surface area contributed by atoms with Crippen LogP contribution in [0.3, 0.4) is 0 Å². The minimum absolute atomic E-state index is 0.0631. The van der Waals surface area contributed by atoms with Crippen LogP contribution < -0.4 is 5.73 Å². The van der Waals surface area contributed by atoms with Crippen molar-refractivity contribution < 1.29 is 0 Å². The molecule has 2 N–H and O–H groups in total. The van der Waals surface area contributed by atoms with Crippen LogP contribution in [0.1, 0.15) is 37.7 Å². The maximum Gasteiger partial charge on any atom is 0.113 e. The molecular formula is C14H19N3. The predicted molar refractivity (Wildman–Crippen MR) is 70.2 cm³/mol. The normalized spacial score (nSPS) is 12.6. The molecule has 0 spiro atoms. The summed E-state index contributed by atoms with van der Waals surface area (Å²) < 4.78 is 2.13. The zero-order chi connectivity index (χ0) is 12.3. The van der Waals surface area contributed by atoms with Gasteiger partial charge in [0.25, 0.3) is 0 Å². The van der Waals surface area contributed by atoms with Gasteiger partial charge in [0.05, 0.1) is 0 Å². The molecule has 3 heteroatoms. The highest BCUT2D eigenvalue weighted by Gasteiger charge is 2.06. The first-order chi connectivity index (χ1) is 8.22. The van der Waals surface area contributed by atoms with Crippen molar-refractivity contribution >= 4 is 0 Å². The highest BCUT2D eigenvalue weighted by molar-refractivity contribution is 5.38. The Balaban J connectivity index is 2.38. The Morgan fingerprint density at radius 2 is 2.24 bits per heavy atom. The summed E-state index contributed by atoms with van der Waals surface area (Å²) in [5.74, 6) is 1.11. The second-order valence-electron chi connectivity index (χ2n) is 4.35. The Labute approximate surface area is 102 Å². The number of aromatic nitrogens is 2. The monoisotopic (exact) mass is 229 g/mol. The van der Waals surface area contributed by atoms with Gasteiger partial charge in [0.15, 0.2) is 0 Å². The molecule has 0 aliphatic carbocycles. The molecule has 0 bridgehead atoms. The van der Waals surface area contributed by atoms with Crippen molar-refractivity contribution in [2.24, 2.45) is 5.73 Å². The second-order valence-corrected chi connectivity index (χ2v) is 4.35. The first kappa shape index (κ1) is 11.9. The lowest BCUT2D eigenvalue weighted by atomic mass is 10.1. The summed E-state index contributed by atoms with van der Waals surface area (Å²) in [6.45, 7) is 4.16. The smallest absolute Gasteiger partial charge is 0.113 e. The lowest BCUT2D eigenvalue weighted by Crippen LogP contribution is -2.06. The number of aryl methyl sites for hydroxylation is 1. The van der Waals surface area contributed by atoms with Crippen molar-refractivity contribution in [1.29, 1.82) is 0 Å². The van der Waals surface area contributed by atoms with E-state index < -0.39 is 0 Å². The van der Waals surface area contributed by atoms with E-state index in [1.54, 1.807) is 0 Å². The Morgan fingerprint density at radius 3 is 2.94 bits per heavy atom. The summed E-state index contributed by atoms with van der Waals surface area (Å²) in [6, 6.07) is 8.39. The van der Waals surface area contributed by atoms with Gasteiger partial charge in [0, 0.05) is 30.5 Å². The van der Waals surface area contributed by atoms with Gasteiger partial charge in [-0.3, -0.25) is 0 Å². The highest BCUT2D eigenvalue weighted by atomic mass is 15.1. The molecule has 0 saturated carbocycles. The second kappa shape index (κ2) is 5.15. The van der Waals surface area contributed by atoms with Gasteiger partial charge in [-0.05, 0) is 31.0 Å². The molecular weight excluding hydrogens is 210 g/mol. The molecule has 90 valence electrons. The molecule has 1 aromatic carbocycles. The Morgan fingerprint density at radius 1 is 1.41 bits per heavy atom. The largest absolute Gasteiger partial charge is 0.324 e. The molecule has 1 heterocycles. The SMILES string of the molecule is CCCc1nccn1-c1cccc(C(C)N)c1. The fourth-order valence-corrected chi connectivity index (χ4v) is 1.94. The number of hydrogen-bond donors (Lipinski definition) is 1. The van der Waals surface area contributed by atoms with Crippen molar-refractivity contribution in [2.75, 3.05) is 0 Å². The first-order valence-electron chi connectivity index (χ1n) is 6.10. The van der Waals surface area contributed by atoms with Crippen molar-refractivity contribution in [3.05, 3.63) is 48.0 Å². The van der Waals surface area contributed by atoms with E-state index in [9.17, 15) is 0 Å². The average Bonchev–Trinajstić information content (AvgIpc) is 2.78. The average molecular weight is 229 g/mol. The third-order valence-electron chi connectivity index (χ3n) is 2.87. The maximum atomic E-state index is 5.91. The number of imidazole rings is 1. The fraction of sp³-hybridized carbons (Fsp3) is 0.357. The molecule has 0 aliphatic rings. The van der Waals surface area contributed by atoms with Crippen LogP contribution in [0.25, 0.3) is 5.69 Å². The zero-order valence-corrected chi connectivity index (χ0v) is 10.4. The molecule has 0 radical (unpaired) electrons. The Kier molecular flexibility index (Phi) is 3.59. The summed E-state index contributed by atoms with van der Waals surface area (Å²) in [7, 11) is 0. The van der Waals surface area contributed by atoms with Crippen LogP contribution >= 0.6 is 0 Å². The van der Waals surface area contributed by atoms with Crippen LogP contribution in [0.4, 0.5) is 0 Å². The van der Waals surface area contributed by atoms with E-state index in [1.165, 1.54) is 0 Å². The minimum atomic E-state index is 0.0631. The van der Waals surface area contributed by atoms with Crippen LogP contribution in [0.5, 0.6) is 0 Å². The van der Waals surface area contributed by atoms with Crippen LogP contribution in [0.15, 0.2) is 36.7 Å². The summed E-state index contributed by atoms with van der Waals surface area (Å²) in [6.07, 6.45) is 5.95. The summed E-state index contributed by atoms with van der Waals surface area (Å²) in [5, 5.41) is 0. The van der Waals surface area contributed by atoms with Crippen LogP contribution in [-0.2, 0) is 6.42 Å². The molecule has 1 unspecified atom stereocenters. The molecule has 3 nitrogen and oxygen atoms in total. The molecule has 0 amide bonds. The van der Waals surface area contributed by atoms with E-state index in [0.29, 0.717) is 0 Å². The first-order valence-corrected chi connectivity index (χ1v) is 6.10. The van der Waals surface area contributed by atoms with Crippen molar-refractivity contribution in [3.8, 4) is 5.69 Å². The van der Waals surface area contributed by atoms with Gasteiger partial charge in [-0.1, -0.05) is 19.1 Å². The van der Waals surface area contributed by atoms with Crippen molar-refractivity contribution in [1.82, 2.24) is 9.55 Å². The molecule has 1 atom stereocenters. The number of rotatable bonds is 4. The summed E-state index contributed by atoms with van der Waals surface area (Å²) in [4.78, 5) is 4.39. The quantitative estimate of drug-likeness (QED) is 0.876. The van der Waals surface area contributed by atoms with Gasteiger partial charge in [0.2, 0.25) is 0 Å². The van der Waals surface area contributed by atoms with E-state index in [-0.39, 0.29) is 6.04 Å². The Bertz CT molecular complexity index is 486. The van der Waals surface area contributed by atoms with E-state index in [0.717, 1.165) is 29.9 Å². The van der Waals surface area contributed by atoms with Crippen LogP contribution in [0, 0.1) is 0 Å². The molecule has 0 fully saturated rings. The van der Waals surface area contributed by atoms with E-state index >= 15 is 0 Å². The fourth-order valence-electron chi connectivity index (χ4n) is 1.94. The summed E-state index contributed by atoms with van der Waals surface area (Å²) >= 11 is 0. The van der Waals surface area contributed by atoms with E-state index in [2.05, 4.69) is 34.7 Å². The van der Waals surface area contributed by atoms with Crippen molar-refractivity contribution in [2.45, 2.75) is 32.7 Å². The van der Waals surface area contributed by atoms with Gasteiger partial charge < -0.3 is 10.3 Å². The van der Waals surface area contributed by atoms with Gasteiger partial charge in [-0.2, -0.15) is 0 Å². The van der Waals surface area contributed by atoms with Crippen LogP contribution in [-0.4, -0.2) is 9.55 Å². The third kappa shape index (κ3) is 2.56. The Hall–Kier alpha value is -1.61. The molecule has 0 saturated heterocycles. The molecule has 2 aromatic rings. The van der Waals surface area contributed by atoms with Gasteiger partial charge in [0.1, 0.15) is 5.82 Å². The third-order valence-corrected chi connectivity index (χ3v) is 2.87. The lowest BCUT2D eigenvalue weighted by molar-refractivity contribution is 0.797. The number of benzene rings is 1. The molecule has 1 aromatic heterocycles. The van der Waals surface area contributed by atoms with E-state index in [1.807, 2.05) is 25.4 Å². The van der Waals surface area contributed by atoms with E-state index in [4.69, 9.17) is 5.73 Å². The van der Waals surface area contributed by atoms with Gasteiger partial charge in [-0.25, -0.2) is 4.98 Å². The number of nitrogens with zero attached hydrogens (tertiary/aromatic N) is 2. The standard InChI is InChI=1S/C14H19N3/c1-3-5-14-16-8-9-17(14)13-7-4-6-12(10-13)11(2)15/h4,6-11H,3,5,15H2,1-2H3. The van der Waals surface area contributed by atoms with Gasteiger partial charge in [-0.15, -0.1) is 0 Å². The predicted octanol–water partition coefficient (Wildman–Crippen LogP) is 2.84. The zero-order valence-electron chi connectivity index (χ0n) is 10.4. The lowest BCUT2D eigenvalue weighted by Gasteiger charge is -2.11. The number of nitrogens with two attached hydrogens (primary N) is 1. The maximum absolute atomic E-state index is 5.91. The van der Waals surface area contributed by atoms with Gasteiger partial charge >= 0.3 is 0 Å². The van der Waals surface area contributed by atoms with Crippen molar-refractivity contribution in [3.63, 3.8) is 0 Å². The van der Waals surface area contributed by atoms with Crippen LogP contribution in [0.2, 0.25) is 0 Å². The molecule has 17 heavy (non-hydrogen) atoms. The minimum Gasteiger partial charge on any atom is -0.324 e.